The quantitative estimate of drug-likeness (QED) is 0.214. The van der Waals surface area contributed by atoms with Crippen molar-refractivity contribution in [3.8, 4) is 0 Å². The van der Waals surface area contributed by atoms with Gasteiger partial charge >= 0.3 is 18.3 Å². The van der Waals surface area contributed by atoms with E-state index in [2.05, 4.69) is 4.90 Å². The van der Waals surface area contributed by atoms with Gasteiger partial charge in [0, 0.05) is 39.3 Å². The van der Waals surface area contributed by atoms with Crippen LogP contribution in [0.5, 0.6) is 0 Å². The normalized spacial score (nSPS) is 19.6. The number of rotatable bonds is 8. The summed E-state index contributed by atoms with van der Waals surface area (Å²) in [6, 6.07) is 19.3. The molecule has 294 valence electrons. The number of halogens is 2. The van der Waals surface area contributed by atoms with Crippen LogP contribution >= 0.6 is 27.0 Å². The molecule has 4 aliphatic heterocycles. The highest BCUT2D eigenvalue weighted by Gasteiger charge is 2.33. The maximum atomic E-state index is 14.8. The van der Waals surface area contributed by atoms with Gasteiger partial charge in [0.25, 0.3) is 0 Å². The fourth-order valence-corrected chi connectivity index (χ4v) is 6.81. The summed E-state index contributed by atoms with van der Waals surface area (Å²) in [6.07, 6.45) is 3.49. The number of piperidine rings is 1. The summed E-state index contributed by atoms with van der Waals surface area (Å²) in [7, 11) is 0. The van der Waals surface area contributed by atoms with Gasteiger partial charge in [0.2, 0.25) is 0 Å². The van der Waals surface area contributed by atoms with Crippen LogP contribution in [0.1, 0.15) is 51.5 Å². The van der Waals surface area contributed by atoms with Gasteiger partial charge in [0.1, 0.15) is 30.4 Å². The van der Waals surface area contributed by atoms with Crippen LogP contribution in [0.15, 0.2) is 66.7 Å². The number of benzene rings is 3. The molecule has 4 fully saturated rings. The van der Waals surface area contributed by atoms with E-state index >= 15 is 0 Å². The van der Waals surface area contributed by atoms with Crippen molar-refractivity contribution >= 4 is 68.0 Å². The third-order valence-corrected chi connectivity index (χ3v) is 9.93. The Hall–Kier alpha value is -4.37. The summed E-state index contributed by atoms with van der Waals surface area (Å²) in [4.78, 5) is 44.7. The fourth-order valence-electron chi connectivity index (χ4n) is 6.81. The Morgan fingerprint density at radius 1 is 0.685 bits per heavy atom. The Morgan fingerprint density at radius 2 is 1.17 bits per heavy atom. The number of hydrogen-bond donors (Lipinski definition) is 0. The Kier molecular flexibility index (Phi) is 15.5. The fraction of sp³-hybridized carbons (Fsp3) is 0.462. The zero-order valence-corrected chi connectivity index (χ0v) is 32.8. The number of hydrogen-bond acceptors (Lipinski definition) is 8. The number of carbonyl (C=O) groups excluding carboxylic acids is 3. The second-order valence-corrected chi connectivity index (χ2v) is 13.4. The lowest BCUT2D eigenvalue weighted by atomic mass is 10.1. The minimum Gasteiger partial charge on any atom is -0.445 e. The summed E-state index contributed by atoms with van der Waals surface area (Å²) < 4.78 is 45.1. The van der Waals surface area contributed by atoms with Crippen LogP contribution in [-0.4, -0.2) is 87.7 Å². The summed E-state index contributed by atoms with van der Waals surface area (Å²) in [6.45, 7) is 8.78. The Labute approximate surface area is 330 Å². The number of cyclic esters (lactones) is 2. The van der Waals surface area contributed by atoms with E-state index in [1.54, 1.807) is 23.1 Å². The molecule has 3 aromatic carbocycles. The molecule has 4 saturated heterocycles. The molecular formula is C39H51F2N5O6S2. The van der Waals surface area contributed by atoms with Gasteiger partial charge in [-0.3, -0.25) is 9.80 Å². The smallest absolute Gasteiger partial charge is 0.414 e. The van der Waals surface area contributed by atoms with Crippen molar-refractivity contribution in [3.05, 3.63) is 83.9 Å². The van der Waals surface area contributed by atoms with Crippen LogP contribution in [0.25, 0.3) is 0 Å². The standard InChI is InChI=1S/C23H26FN3O4.C16H21FN2O2.2H2S/c1-2-19-15-27(23(29)31-19)18-8-9-21(20(24)14-18)25-10-12-26(13-11-25)22(28)30-16-17-6-4-3-5-7-17;1-2-13-11-19(16(20)21-13)12-6-7-15(14(17)10-12)18-8-4-3-5-9-18;;/h3-9,14,19H,2,10-13,15-16H2,1H3;6-7,10,13H,2-5,8-9,11H2,1H3;2*1H2/t19-;13-;;/m00../s1. The predicted octanol–water partition coefficient (Wildman–Crippen LogP) is 7.80. The molecule has 0 unspecified atom stereocenters. The van der Waals surface area contributed by atoms with E-state index in [9.17, 15) is 23.2 Å². The monoisotopic (exact) mass is 787 g/mol. The minimum atomic E-state index is -0.443. The molecule has 4 heterocycles. The van der Waals surface area contributed by atoms with Crippen molar-refractivity contribution in [1.29, 1.82) is 0 Å². The molecule has 7 rings (SSSR count). The Balaban J connectivity index is 0.000000248. The molecule has 0 aliphatic carbocycles. The SMILES string of the molecule is CC[C@H]1CN(c2ccc(N3CCCCC3)c(F)c2)C(=O)O1.CC[C@H]1CN(c2ccc(N3CCN(C(=O)OCc4ccccc4)CC3)c(F)c2)C(=O)O1.S.S. The summed E-state index contributed by atoms with van der Waals surface area (Å²) >= 11 is 0. The van der Waals surface area contributed by atoms with E-state index in [-0.39, 0.29) is 63.8 Å². The third kappa shape index (κ3) is 10.2. The molecule has 0 bridgehead atoms. The molecule has 54 heavy (non-hydrogen) atoms. The number of carbonyl (C=O) groups is 3. The van der Waals surface area contributed by atoms with Crippen LogP contribution < -0.4 is 19.6 Å². The average Bonchev–Trinajstić information content (AvgIpc) is 3.76. The third-order valence-electron chi connectivity index (χ3n) is 9.93. The number of amides is 3. The van der Waals surface area contributed by atoms with E-state index < -0.39 is 11.9 Å². The minimum absolute atomic E-state index is 0. The van der Waals surface area contributed by atoms with Gasteiger partial charge in [0.05, 0.1) is 35.8 Å². The van der Waals surface area contributed by atoms with Crippen molar-refractivity contribution < 1.29 is 37.4 Å². The lowest BCUT2D eigenvalue weighted by Gasteiger charge is -2.35. The van der Waals surface area contributed by atoms with Crippen LogP contribution in [-0.2, 0) is 20.8 Å². The molecule has 3 amide bonds. The Morgan fingerprint density at radius 3 is 1.61 bits per heavy atom. The zero-order chi connectivity index (χ0) is 36.6. The molecule has 0 aromatic heterocycles. The van der Waals surface area contributed by atoms with Crippen LogP contribution in [0.2, 0.25) is 0 Å². The van der Waals surface area contributed by atoms with E-state index in [0.29, 0.717) is 62.0 Å². The van der Waals surface area contributed by atoms with Crippen LogP contribution in [0.3, 0.4) is 0 Å². The molecule has 0 radical (unpaired) electrons. The number of anilines is 4. The molecule has 3 aromatic rings. The highest BCUT2D eigenvalue weighted by Crippen LogP contribution is 2.31. The first-order valence-electron chi connectivity index (χ1n) is 18.2. The maximum Gasteiger partial charge on any atom is 0.414 e. The molecule has 15 heteroatoms. The second-order valence-electron chi connectivity index (χ2n) is 13.4. The lowest BCUT2D eigenvalue weighted by molar-refractivity contribution is 0.0941. The highest BCUT2D eigenvalue weighted by atomic mass is 32.1. The summed E-state index contributed by atoms with van der Waals surface area (Å²) in [5.74, 6) is -0.660. The van der Waals surface area contributed by atoms with Crippen molar-refractivity contribution in [2.75, 3.05) is 72.0 Å². The van der Waals surface area contributed by atoms with Gasteiger partial charge in [-0.05, 0) is 74.1 Å². The topological polar surface area (TPSA) is 95.1 Å². The van der Waals surface area contributed by atoms with Gasteiger partial charge in [-0.25, -0.2) is 23.2 Å². The largest absolute Gasteiger partial charge is 0.445 e. The average molecular weight is 788 g/mol. The highest BCUT2D eigenvalue weighted by molar-refractivity contribution is 7.59. The predicted molar refractivity (Wildman–Crippen MR) is 216 cm³/mol. The van der Waals surface area contributed by atoms with Gasteiger partial charge in [0.15, 0.2) is 0 Å². The first-order chi connectivity index (χ1) is 25.2. The van der Waals surface area contributed by atoms with Crippen molar-refractivity contribution in [3.63, 3.8) is 0 Å². The molecule has 0 saturated carbocycles. The number of piperazine rings is 1. The first-order valence-corrected chi connectivity index (χ1v) is 18.2. The maximum absolute atomic E-state index is 14.8. The molecule has 4 aliphatic rings. The summed E-state index contributed by atoms with van der Waals surface area (Å²) in [5.41, 5.74) is 3.10. The van der Waals surface area contributed by atoms with Gasteiger partial charge in [-0.1, -0.05) is 44.2 Å². The molecular weight excluding hydrogens is 737 g/mol. The van der Waals surface area contributed by atoms with Crippen molar-refractivity contribution in [2.24, 2.45) is 0 Å². The van der Waals surface area contributed by atoms with Crippen LogP contribution in [0.4, 0.5) is 45.9 Å². The number of nitrogens with zero attached hydrogens (tertiary/aromatic N) is 5. The lowest BCUT2D eigenvalue weighted by Crippen LogP contribution is -2.49. The van der Waals surface area contributed by atoms with E-state index in [0.717, 1.165) is 44.3 Å². The molecule has 11 nitrogen and oxygen atoms in total. The Bertz CT molecular complexity index is 1710. The van der Waals surface area contributed by atoms with Gasteiger partial charge in [-0.15, -0.1) is 0 Å². The van der Waals surface area contributed by atoms with Gasteiger partial charge in [-0.2, -0.15) is 27.0 Å². The van der Waals surface area contributed by atoms with Gasteiger partial charge < -0.3 is 28.9 Å². The van der Waals surface area contributed by atoms with Crippen molar-refractivity contribution in [2.45, 2.75) is 64.8 Å². The molecule has 2 atom stereocenters. The van der Waals surface area contributed by atoms with Crippen LogP contribution in [0, 0.1) is 11.6 Å². The molecule has 0 N–H and O–H groups in total. The zero-order valence-electron chi connectivity index (χ0n) is 30.8. The molecule has 0 spiro atoms. The number of ether oxygens (including phenoxy) is 3. The first kappa shape index (κ1) is 42.4. The van der Waals surface area contributed by atoms with Crippen molar-refractivity contribution in [1.82, 2.24) is 4.90 Å². The summed E-state index contributed by atoms with van der Waals surface area (Å²) in [5, 5.41) is 0. The van der Waals surface area contributed by atoms with E-state index in [4.69, 9.17) is 14.2 Å². The van der Waals surface area contributed by atoms with E-state index in [1.165, 1.54) is 28.4 Å². The second kappa shape index (κ2) is 19.8. The van der Waals surface area contributed by atoms with E-state index in [1.807, 2.05) is 55.1 Å².